The number of aromatic nitrogens is 1. The SMILES string of the molecule is CCCOc1ccc(-c2cccc(CC#N)c2)cc1C(=O)N[C@@H](CO)Cc1c[nH]c2ccccc12. The van der Waals surface area contributed by atoms with Gasteiger partial charge in [0.15, 0.2) is 0 Å². The van der Waals surface area contributed by atoms with Gasteiger partial charge in [0.05, 0.1) is 37.3 Å². The lowest BCUT2D eigenvalue weighted by molar-refractivity contribution is 0.0912. The summed E-state index contributed by atoms with van der Waals surface area (Å²) < 4.78 is 5.87. The van der Waals surface area contributed by atoms with Crippen molar-refractivity contribution in [1.29, 1.82) is 5.26 Å². The number of carbonyl (C=O) groups is 1. The molecule has 0 aliphatic carbocycles. The Kier molecular flexibility index (Phi) is 7.81. The van der Waals surface area contributed by atoms with E-state index in [4.69, 9.17) is 10.00 Å². The standard InChI is InChI=1S/C29H29N3O3/c1-2-14-35-28-11-10-22(21-7-5-6-20(15-21)12-13-30)17-26(28)29(34)32-24(19-33)16-23-18-31-27-9-4-3-8-25(23)27/h3-11,15,17-18,24,31,33H,2,12,14,16,19H2,1H3,(H,32,34)/t24-/m1/s1. The minimum Gasteiger partial charge on any atom is -0.493 e. The maximum Gasteiger partial charge on any atom is 0.255 e. The zero-order valence-corrected chi connectivity index (χ0v) is 19.8. The van der Waals surface area contributed by atoms with Crippen LogP contribution in [0, 0.1) is 11.3 Å². The summed E-state index contributed by atoms with van der Waals surface area (Å²) in [5, 5.41) is 23.1. The molecule has 0 aliphatic rings. The van der Waals surface area contributed by atoms with Crippen LogP contribution in [0.25, 0.3) is 22.0 Å². The summed E-state index contributed by atoms with van der Waals surface area (Å²) in [5.41, 5.74) is 5.17. The predicted octanol–water partition coefficient (Wildman–Crippen LogP) is 5.02. The first kappa shape index (κ1) is 24.1. The van der Waals surface area contributed by atoms with Gasteiger partial charge in [0, 0.05) is 17.1 Å². The Morgan fingerprint density at radius 3 is 2.74 bits per heavy atom. The number of hydrogen-bond donors (Lipinski definition) is 3. The van der Waals surface area contributed by atoms with Gasteiger partial charge in [0.1, 0.15) is 5.75 Å². The molecule has 0 bridgehead atoms. The monoisotopic (exact) mass is 467 g/mol. The van der Waals surface area contributed by atoms with Crippen LogP contribution in [0.15, 0.2) is 72.9 Å². The average Bonchev–Trinajstić information content (AvgIpc) is 3.30. The van der Waals surface area contributed by atoms with Crippen molar-refractivity contribution in [2.24, 2.45) is 0 Å². The van der Waals surface area contributed by atoms with Crippen molar-refractivity contribution in [1.82, 2.24) is 10.3 Å². The zero-order chi connectivity index (χ0) is 24.6. The van der Waals surface area contributed by atoms with E-state index in [2.05, 4.69) is 16.4 Å². The fraction of sp³-hybridized carbons (Fsp3) is 0.241. The van der Waals surface area contributed by atoms with Crippen LogP contribution in [0.1, 0.15) is 34.8 Å². The van der Waals surface area contributed by atoms with E-state index in [0.29, 0.717) is 30.8 Å². The van der Waals surface area contributed by atoms with Crippen LogP contribution in [-0.4, -0.2) is 35.3 Å². The van der Waals surface area contributed by atoms with Gasteiger partial charge in [-0.3, -0.25) is 4.79 Å². The van der Waals surface area contributed by atoms with Gasteiger partial charge in [-0.25, -0.2) is 0 Å². The lowest BCUT2D eigenvalue weighted by Crippen LogP contribution is -2.39. The Bertz CT molecular complexity index is 1350. The fourth-order valence-corrected chi connectivity index (χ4v) is 4.17. The zero-order valence-electron chi connectivity index (χ0n) is 19.8. The predicted molar refractivity (Wildman–Crippen MR) is 137 cm³/mol. The quantitative estimate of drug-likeness (QED) is 0.305. The molecule has 6 heteroatoms. The number of fused-ring (bicyclic) bond motifs is 1. The minimum absolute atomic E-state index is 0.188. The van der Waals surface area contributed by atoms with E-state index in [9.17, 15) is 9.90 Å². The highest BCUT2D eigenvalue weighted by Crippen LogP contribution is 2.28. The summed E-state index contributed by atoms with van der Waals surface area (Å²) in [4.78, 5) is 16.6. The maximum atomic E-state index is 13.4. The van der Waals surface area contributed by atoms with Gasteiger partial charge in [-0.05, 0) is 53.3 Å². The number of para-hydroxylation sites is 1. The molecule has 6 nitrogen and oxygen atoms in total. The number of amides is 1. The van der Waals surface area contributed by atoms with Crippen LogP contribution in [-0.2, 0) is 12.8 Å². The highest BCUT2D eigenvalue weighted by molar-refractivity contribution is 5.98. The molecule has 1 atom stereocenters. The first-order valence-electron chi connectivity index (χ1n) is 11.8. The Labute approximate surface area is 205 Å². The Morgan fingerprint density at radius 2 is 1.94 bits per heavy atom. The molecule has 0 unspecified atom stereocenters. The molecule has 178 valence electrons. The Balaban J connectivity index is 1.60. The van der Waals surface area contributed by atoms with E-state index in [-0.39, 0.29) is 12.5 Å². The lowest BCUT2D eigenvalue weighted by atomic mass is 9.99. The first-order chi connectivity index (χ1) is 17.1. The summed E-state index contributed by atoms with van der Waals surface area (Å²) in [5.74, 6) is 0.204. The van der Waals surface area contributed by atoms with Crippen molar-refractivity contribution < 1.29 is 14.6 Å². The number of nitriles is 1. The number of carbonyl (C=O) groups excluding carboxylic acids is 1. The van der Waals surface area contributed by atoms with Gasteiger partial charge in [-0.1, -0.05) is 55.5 Å². The largest absolute Gasteiger partial charge is 0.493 e. The summed E-state index contributed by atoms with van der Waals surface area (Å²) in [6, 6.07) is 23.0. The van der Waals surface area contributed by atoms with E-state index < -0.39 is 6.04 Å². The molecule has 0 saturated carbocycles. The molecular weight excluding hydrogens is 438 g/mol. The number of ether oxygens (including phenoxy) is 1. The molecule has 1 amide bonds. The summed E-state index contributed by atoms with van der Waals surface area (Å²) >= 11 is 0. The number of rotatable bonds is 10. The topological polar surface area (TPSA) is 98.1 Å². The number of nitrogens with zero attached hydrogens (tertiary/aromatic N) is 1. The number of nitrogens with one attached hydrogen (secondary N) is 2. The minimum atomic E-state index is -0.455. The van der Waals surface area contributed by atoms with Crippen molar-refractivity contribution in [3.63, 3.8) is 0 Å². The van der Waals surface area contributed by atoms with Gasteiger partial charge < -0.3 is 20.1 Å². The number of aromatic amines is 1. The average molecular weight is 468 g/mol. The second kappa shape index (κ2) is 11.4. The van der Waals surface area contributed by atoms with Gasteiger partial charge in [-0.2, -0.15) is 5.26 Å². The highest BCUT2D eigenvalue weighted by Gasteiger charge is 2.19. The smallest absolute Gasteiger partial charge is 0.255 e. The van der Waals surface area contributed by atoms with Crippen LogP contribution in [0.3, 0.4) is 0 Å². The van der Waals surface area contributed by atoms with Crippen LogP contribution in [0.2, 0.25) is 0 Å². The van der Waals surface area contributed by atoms with E-state index >= 15 is 0 Å². The molecule has 4 rings (SSSR count). The molecule has 3 N–H and O–H groups in total. The van der Waals surface area contributed by atoms with Crippen molar-refractivity contribution in [2.75, 3.05) is 13.2 Å². The highest BCUT2D eigenvalue weighted by atomic mass is 16.5. The molecule has 0 aliphatic heterocycles. The number of benzene rings is 3. The molecule has 35 heavy (non-hydrogen) atoms. The van der Waals surface area contributed by atoms with Crippen LogP contribution < -0.4 is 10.1 Å². The fourth-order valence-electron chi connectivity index (χ4n) is 4.17. The first-order valence-corrected chi connectivity index (χ1v) is 11.8. The normalized spacial score (nSPS) is 11.7. The molecule has 3 aromatic carbocycles. The van der Waals surface area contributed by atoms with Gasteiger partial charge in [-0.15, -0.1) is 0 Å². The van der Waals surface area contributed by atoms with Crippen molar-refractivity contribution >= 4 is 16.8 Å². The van der Waals surface area contributed by atoms with Crippen LogP contribution in [0.4, 0.5) is 0 Å². The van der Waals surface area contributed by atoms with E-state index in [1.807, 2.05) is 79.9 Å². The third-order valence-electron chi connectivity index (χ3n) is 5.93. The molecule has 0 spiro atoms. The third-order valence-corrected chi connectivity index (χ3v) is 5.93. The van der Waals surface area contributed by atoms with Gasteiger partial charge in [0.25, 0.3) is 5.91 Å². The molecular formula is C29H29N3O3. The molecule has 0 radical (unpaired) electrons. The summed E-state index contributed by atoms with van der Waals surface area (Å²) in [7, 11) is 0. The van der Waals surface area contributed by atoms with Gasteiger partial charge in [0.2, 0.25) is 0 Å². The second-order valence-corrected chi connectivity index (χ2v) is 8.51. The third kappa shape index (κ3) is 5.71. The molecule has 1 aromatic heterocycles. The Morgan fingerprint density at radius 1 is 1.11 bits per heavy atom. The number of hydrogen-bond acceptors (Lipinski definition) is 4. The molecule has 0 fully saturated rings. The lowest BCUT2D eigenvalue weighted by Gasteiger charge is -2.18. The molecule has 1 heterocycles. The van der Waals surface area contributed by atoms with Crippen LogP contribution >= 0.6 is 0 Å². The second-order valence-electron chi connectivity index (χ2n) is 8.51. The van der Waals surface area contributed by atoms with Crippen molar-refractivity contribution in [3.8, 4) is 22.9 Å². The summed E-state index contributed by atoms with van der Waals surface area (Å²) in [6.07, 6.45) is 3.56. The van der Waals surface area contributed by atoms with Crippen molar-refractivity contribution in [2.45, 2.75) is 32.2 Å². The van der Waals surface area contributed by atoms with Crippen LogP contribution in [0.5, 0.6) is 5.75 Å². The van der Waals surface area contributed by atoms with Gasteiger partial charge >= 0.3 is 0 Å². The van der Waals surface area contributed by atoms with E-state index in [0.717, 1.165) is 39.6 Å². The maximum absolute atomic E-state index is 13.4. The number of aliphatic hydroxyl groups is 1. The molecule has 4 aromatic rings. The number of aliphatic hydroxyl groups excluding tert-OH is 1. The summed E-state index contributed by atoms with van der Waals surface area (Å²) in [6.45, 7) is 2.32. The van der Waals surface area contributed by atoms with E-state index in [1.165, 1.54) is 0 Å². The van der Waals surface area contributed by atoms with Crippen molar-refractivity contribution in [3.05, 3.63) is 89.6 Å². The Hall–Kier alpha value is -4.08. The van der Waals surface area contributed by atoms with E-state index in [1.54, 1.807) is 0 Å². The molecule has 0 saturated heterocycles. The number of H-pyrrole nitrogens is 1.